The maximum absolute atomic E-state index is 12.3. The van der Waals surface area contributed by atoms with Gasteiger partial charge in [-0.3, -0.25) is 25.0 Å². The molecule has 0 spiro atoms. The fraction of sp³-hybridized carbons (Fsp3) is 0.182. The number of carbonyl (C=O) groups excluding carboxylic acids is 4. The van der Waals surface area contributed by atoms with Gasteiger partial charge >= 0.3 is 6.03 Å². The van der Waals surface area contributed by atoms with Gasteiger partial charge in [0.2, 0.25) is 0 Å². The molecule has 0 saturated carbocycles. The van der Waals surface area contributed by atoms with Crippen LogP contribution in [-0.2, 0) is 14.4 Å². The molecule has 166 valence electrons. The molecule has 1 aliphatic heterocycles. The van der Waals surface area contributed by atoms with Gasteiger partial charge in [0.05, 0.1) is 11.1 Å². The monoisotopic (exact) mass is 501 g/mol. The average Bonchev–Trinajstić information content (AvgIpc) is 2.70. The number of benzene rings is 2. The van der Waals surface area contributed by atoms with Crippen LogP contribution in [0.3, 0.4) is 0 Å². The van der Waals surface area contributed by atoms with Gasteiger partial charge in [-0.05, 0) is 71.2 Å². The van der Waals surface area contributed by atoms with E-state index in [2.05, 4.69) is 21.2 Å². The number of amides is 5. The van der Waals surface area contributed by atoms with E-state index in [-0.39, 0.29) is 18.1 Å². The lowest BCUT2D eigenvalue weighted by Gasteiger charge is -2.16. The molecule has 1 saturated heterocycles. The van der Waals surface area contributed by atoms with Gasteiger partial charge in [0.1, 0.15) is 5.57 Å². The standard InChI is InChI=1S/C22H20BrN3O6/c1-3-31-17-10-13(8-15-20(28)25-22(30)26-21(15)29)9-16(23)19(17)32-11-18(27)24-14-6-4-5-12(2)7-14/h4-10H,3,11H2,1-2H3,(H,24,27)(H2,25,26,28,29,30). The molecule has 0 aliphatic carbocycles. The van der Waals surface area contributed by atoms with Crippen LogP contribution >= 0.6 is 15.9 Å². The Morgan fingerprint density at radius 1 is 1.09 bits per heavy atom. The van der Waals surface area contributed by atoms with Crippen LogP contribution in [0.2, 0.25) is 0 Å². The predicted octanol–water partition coefficient (Wildman–Crippen LogP) is 2.92. The fourth-order valence-corrected chi connectivity index (χ4v) is 3.48. The van der Waals surface area contributed by atoms with Gasteiger partial charge in [-0.1, -0.05) is 12.1 Å². The van der Waals surface area contributed by atoms with Crippen LogP contribution in [0.1, 0.15) is 18.1 Å². The summed E-state index contributed by atoms with van der Waals surface area (Å²) in [5.74, 6) is -1.36. The number of hydrogen-bond donors (Lipinski definition) is 3. The normalized spacial score (nSPS) is 13.2. The zero-order valence-corrected chi connectivity index (χ0v) is 18.9. The molecule has 0 bridgehead atoms. The maximum Gasteiger partial charge on any atom is 0.328 e. The van der Waals surface area contributed by atoms with E-state index in [9.17, 15) is 19.2 Å². The van der Waals surface area contributed by atoms with Crippen LogP contribution < -0.4 is 25.4 Å². The van der Waals surface area contributed by atoms with Crippen molar-refractivity contribution in [2.75, 3.05) is 18.5 Å². The van der Waals surface area contributed by atoms with Gasteiger partial charge in [0, 0.05) is 5.69 Å². The highest BCUT2D eigenvalue weighted by atomic mass is 79.9. The van der Waals surface area contributed by atoms with Gasteiger partial charge in [-0.15, -0.1) is 0 Å². The lowest BCUT2D eigenvalue weighted by Crippen LogP contribution is -2.51. The number of ether oxygens (including phenoxy) is 2. The minimum atomic E-state index is -0.874. The number of barbiturate groups is 1. The molecule has 32 heavy (non-hydrogen) atoms. The summed E-state index contributed by atoms with van der Waals surface area (Å²) in [7, 11) is 0. The highest BCUT2D eigenvalue weighted by Crippen LogP contribution is 2.37. The largest absolute Gasteiger partial charge is 0.490 e. The molecular formula is C22H20BrN3O6. The summed E-state index contributed by atoms with van der Waals surface area (Å²) in [5.41, 5.74) is 1.89. The van der Waals surface area contributed by atoms with Gasteiger partial charge in [0.25, 0.3) is 17.7 Å². The molecule has 0 atom stereocenters. The Morgan fingerprint density at radius 3 is 2.47 bits per heavy atom. The zero-order valence-electron chi connectivity index (χ0n) is 17.3. The molecule has 2 aromatic rings. The van der Waals surface area contributed by atoms with E-state index in [4.69, 9.17) is 9.47 Å². The minimum absolute atomic E-state index is 0.231. The second kappa shape index (κ2) is 10.1. The lowest BCUT2D eigenvalue weighted by molar-refractivity contribution is -0.124. The number of carbonyl (C=O) groups is 4. The highest BCUT2D eigenvalue weighted by Gasteiger charge is 2.28. The van der Waals surface area contributed by atoms with Crippen molar-refractivity contribution in [3.8, 4) is 11.5 Å². The Bertz CT molecular complexity index is 1110. The van der Waals surface area contributed by atoms with Crippen molar-refractivity contribution in [3.63, 3.8) is 0 Å². The number of aryl methyl sites for hydroxylation is 1. The van der Waals surface area contributed by atoms with Crippen LogP contribution in [-0.4, -0.2) is 37.0 Å². The van der Waals surface area contributed by atoms with E-state index in [0.29, 0.717) is 33.8 Å². The molecule has 1 fully saturated rings. The third-order valence-electron chi connectivity index (χ3n) is 4.24. The van der Waals surface area contributed by atoms with E-state index >= 15 is 0 Å². The predicted molar refractivity (Wildman–Crippen MR) is 120 cm³/mol. The number of imide groups is 2. The van der Waals surface area contributed by atoms with E-state index in [1.54, 1.807) is 25.1 Å². The van der Waals surface area contributed by atoms with Crippen molar-refractivity contribution in [3.05, 3.63) is 57.6 Å². The van der Waals surface area contributed by atoms with Crippen LogP contribution in [0.15, 0.2) is 46.4 Å². The smallest absolute Gasteiger partial charge is 0.328 e. The van der Waals surface area contributed by atoms with Crippen LogP contribution in [0.25, 0.3) is 6.08 Å². The Morgan fingerprint density at radius 2 is 1.81 bits per heavy atom. The first-order valence-electron chi connectivity index (χ1n) is 9.61. The summed E-state index contributed by atoms with van der Waals surface area (Å²) in [6.45, 7) is 3.75. The van der Waals surface area contributed by atoms with Crippen LogP contribution in [0.4, 0.5) is 10.5 Å². The van der Waals surface area contributed by atoms with Gasteiger partial charge in [-0.25, -0.2) is 4.79 Å². The molecule has 1 heterocycles. The number of hydrogen-bond acceptors (Lipinski definition) is 6. The van der Waals surface area contributed by atoms with Gasteiger partial charge in [-0.2, -0.15) is 0 Å². The summed E-state index contributed by atoms with van der Waals surface area (Å²) in [6, 6.07) is 9.67. The third kappa shape index (κ3) is 5.73. The number of anilines is 1. The first kappa shape index (κ1) is 23.0. The van der Waals surface area contributed by atoms with Crippen molar-refractivity contribution < 1.29 is 28.7 Å². The molecule has 0 aromatic heterocycles. The minimum Gasteiger partial charge on any atom is -0.490 e. The molecule has 3 rings (SSSR count). The van der Waals surface area contributed by atoms with Crippen molar-refractivity contribution in [1.82, 2.24) is 10.6 Å². The van der Waals surface area contributed by atoms with E-state index in [0.717, 1.165) is 5.56 Å². The topological polar surface area (TPSA) is 123 Å². The quantitative estimate of drug-likeness (QED) is 0.395. The molecule has 10 heteroatoms. The second-order valence-electron chi connectivity index (χ2n) is 6.76. The first-order valence-corrected chi connectivity index (χ1v) is 10.4. The number of urea groups is 1. The molecule has 3 N–H and O–H groups in total. The summed E-state index contributed by atoms with van der Waals surface area (Å²) in [5, 5.41) is 6.78. The van der Waals surface area contributed by atoms with Crippen molar-refractivity contribution in [1.29, 1.82) is 0 Å². The SMILES string of the molecule is CCOc1cc(C=C2C(=O)NC(=O)NC2=O)cc(Br)c1OCC(=O)Nc1cccc(C)c1. The van der Waals surface area contributed by atoms with Gasteiger partial charge in [0.15, 0.2) is 18.1 Å². The summed E-state index contributed by atoms with van der Waals surface area (Å²) >= 11 is 3.38. The zero-order chi connectivity index (χ0) is 23.3. The number of nitrogens with one attached hydrogen (secondary N) is 3. The van der Waals surface area contributed by atoms with E-state index < -0.39 is 17.8 Å². The Balaban J connectivity index is 1.79. The summed E-state index contributed by atoms with van der Waals surface area (Å²) in [4.78, 5) is 47.4. The molecular weight excluding hydrogens is 482 g/mol. The fourth-order valence-electron chi connectivity index (χ4n) is 2.90. The van der Waals surface area contributed by atoms with E-state index in [1.165, 1.54) is 6.08 Å². The second-order valence-corrected chi connectivity index (χ2v) is 7.62. The molecule has 0 radical (unpaired) electrons. The Kier molecular flexibility index (Phi) is 7.26. The molecule has 9 nitrogen and oxygen atoms in total. The van der Waals surface area contributed by atoms with Crippen molar-refractivity contribution >= 4 is 51.4 Å². The Labute approximate surface area is 192 Å². The maximum atomic E-state index is 12.3. The molecule has 1 aliphatic rings. The highest BCUT2D eigenvalue weighted by molar-refractivity contribution is 9.10. The number of rotatable bonds is 7. The number of halogens is 1. The van der Waals surface area contributed by atoms with E-state index in [1.807, 2.05) is 35.8 Å². The molecule has 5 amide bonds. The lowest BCUT2D eigenvalue weighted by atomic mass is 10.1. The van der Waals surface area contributed by atoms with Crippen molar-refractivity contribution in [2.45, 2.75) is 13.8 Å². The molecule has 0 unspecified atom stereocenters. The summed E-state index contributed by atoms with van der Waals surface area (Å²) < 4.78 is 11.7. The van der Waals surface area contributed by atoms with Gasteiger partial charge < -0.3 is 14.8 Å². The van der Waals surface area contributed by atoms with Crippen LogP contribution in [0, 0.1) is 6.92 Å². The van der Waals surface area contributed by atoms with Crippen LogP contribution in [0.5, 0.6) is 11.5 Å². The average molecular weight is 502 g/mol. The Hall–Kier alpha value is -3.66. The first-order chi connectivity index (χ1) is 15.3. The molecule has 2 aromatic carbocycles. The third-order valence-corrected chi connectivity index (χ3v) is 4.82. The van der Waals surface area contributed by atoms with Crippen molar-refractivity contribution in [2.24, 2.45) is 0 Å². The summed E-state index contributed by atoms with van der Waals surface area (Å²) in [6.07, 6.45) is 1.32.